The van der Waals surface area contributed by atoms with Crippen LogP contribution in [0.2, 0.25) is 5.02 Å². The maximum Gasteiger partial charge on any atom is 0.338 e. The van der Waals surface area contributed by atoms with Crippen LogP contribution in [0.25, 0.3) is 0 Å². The van der Waals surface area contributed by atoms with Gasteiger partial charge in [-0.25, -0.2) is 4.79 Å². The van der Waals surface area contributed by atoms with E-state index in [0.29, 0.717) is 17.3 Å². The van der Waals surface area contributed by atoms with Crippen LogP contribution in [-0.4, -0.2) is 25.0 Å². The minimum Gasteiger partial charge on any atom is -0.452 e. The summed E-state index contributed by atoms with van der Waals surface area (Å²) >= 11 is 5.83. The van der Waals surface area contributed by atoms with E-state index >= 15 is 0 Å². The molecule has 1 aliphatic carbocycles. The number of amides is 1. The normalized spacial score (nSPS) is 15.0. The van der Waals surface area contributed by atoms with Crippen molar-refractivity contribution in [1.29, 1.82) is 0 Å². The number of hydrogen-bond acceptors (Lipinski definition) is 4. The lowest BCUT2D eigenvalue weighted by molar-refractivity contribution is -0.124. The molecule has 1 amide bonds. The third kappa shape index (κ3) is 3.99. The Balaban J connectivity index is 1.51. The van der Waals surface area contributed by atoms with E-state index in [1.54, 1.807) is 0 Å². The molecule has 5 nitrogen and oxygen atoms in total. The van der Waals surface area contributed by atoms with E-state index in [4.69, 9.17) is 22.1 Å². The van der Waals surface area contributed by atoms with Crippen molar-refractivity contribution in [2.24, 2.45) is 0 Å². The minimum absolute atomic E-state index is 0.00837. The van der Waals surface area contributed by atoms with Crippen LogP contribution in [0.3, 0.4) is 0 Å². The summed E-state index contributed by atoms with van der Waals surface area (Å²) in [5, 5.41) is 3.26. The summed E-state index contributed by atoms with van der Waals surface area (Å²) in [6.07, 6.45) is 3.24. The highest BCUT2D eigenvalue weighted by atomic mass is 35.5. The summed E-state index contributed by atoms with van der Waals surface area (Å²) in [7, 11) is 0. The first-order valence-corrected chi connectivity index (χ1v) is 8.92. The first-order valence-electron chi connectivity index (χ1n) is 8.55. The second kappa shape index (κ2) is 7.79. The van der Waals surface area contributed by atoms with Gasteiger partial charge in [0.2, 0.25) is 0 Å². The van der Waals surface area contributed by atoms with Crippen LogP contribution in [0.1, 0.15) is 35.2 Å². The van der Waals surface area contributed by atoms with Gasteiger partial charge in [-0.1, -0.05) is 48.4 Å². The third-order valence-corrected chi connectivity index (χ3v) is 5.23. The molecular formula is C20H21ClN2O3. The topological polar surface area (TPSA) is 81.4 Å². The molecule has 1 fully saturated rings. The van der Waals surface area contributed by atoms with Gasteiger partial charge in [0, 0.05) is 12.0 Å². The van der Waals surface area contributed by atoms with Crippen molar-refractivity contribution in [1.82, 2.24) is 5.32 Å². The molecular weight excluding hydrogens is 352 g/mol. The molecule has 0 radical (unpaired) electrons. The van der Waals surface area contributed by atoms with Gasteiger partial charge in [0.05, 0.1) is 16.3 Å². The summed E-state index contributed by atoms with van der Waals surface area (Å²) in [5.41, 5.74) is 7.45. The lowest BCUT2D eigenvalue weighted by Crippen LogP contribution is -2.46. The van der Waals surface area contributed by atoms with Crippen molar-refractivity contribution in [2.75, 3.05) is 18.9 Å². The molecule has 0 spiro atoms. The predicted octanol–water partition coefficient (Wildman–Crippen LogP) is 3.32. The fraction of sp³-hybridized carbons (Fsp3) is 0.300. The molecule has 0 aromatic heterocycles. The van der Waals surface area contributed by atoms with Crippen LogP contribution >= 0.6 is 11.6 Å². The second-order valence-electron chi connectivity index (χ2n) is 6.59. The van der Waals surface area contributed by atoms with Gasteiger partial charge in [0.25, 0.3) is 5.91 Å². The number of rotatable bonds is 6. The van der Waals surface area contributed by atoms with E-state index in [1.807, 2.05) is 18.2 Å². The zero-order chi connectivity index (χ0) is 18.6. The first-order chi connectivity index (χ1) is 12.5. The highest BCUT2D eigenvalue weighted by molar-refractivity contribution is 6.33. The Hall–Kier alpha value is -2.53. The maximum atomic E-state index is 12.1. The van der Waals surface area contributed by atoms with Gasteiger partial charge in [-0.2, -0.15) is 0 Å². The molecule has 26 heavy (non-hydrogen) atoms. The van der Waals surface area contributed by atoms with Crippen molar-refractivity contribution < 1.29 is 14.3 Å². The maximum absolute atomic E-state index is 12.1. The number of anilines is 1. The highest BCUT2D eigenvalue weighted by Gasteiger charge is 2.38. The Labute approximate surface area is 157 Å². The van der Waals surface area contributed by atoms with Gasteiger partial charge >= 0.3 is 5.97 Å². The standard InChI is InChI=1S/C20H21ClN2O3/c21-16-8-7-14(11-17(16)22)19(25)26-12-18(24)23-13-20(9-4-10-20)15-5-2-1-3-6-15/h1-3,5-8,11H,4,9-10,12-13,22H2,(H,23,24). The van der Waals surface area contributed by atoms with E-state index in [1.165, 1.54) is 23.8 Å². The van der Waals surface area contributed by atoms with Crippen LogP contribution in [-0.2, 0) is 14.9 Å². The summed E-state index contributed by atoms with van der Waals surface area (Å²) in [4.78, 5) is 24.1. The van der Waals surface area contributed by atoms with Gasteiger partial charge in [0.15, 0.2) is 6.61 Å². The van der Waals surface area contributed by atoms with E-state index in [-0.39, 0.29) is 23.5 Å². The zero-order valence-corrected chi connectivity index (χ0v) is 15.1. The molecule has 2 aromatic carbocycles. The lowest BCUT2D eigenvalue weighted by atomic mass is 9.64. The smallest absolute Gasteiger partial charge is 0.338 e. The number of ether oxygens (including phenoxy) is 1. The lowest BCUT2D eigenvalue weighted by Gasteiger charge is -2.42. The van der Waals surface area contributed by atoms with Crippen LogP contribution in [0.4, 0.5) is 5.69 Å². The number of nitrogen functional groups attached to an aromatic ring is 1. The Morgan fingerprint density at radius 3 is 2.50 bits per heavy atom. The molecule has 0 bridgehead atoms. The molecule has 6 heteroatoms. The number of hydrogen-bond donors (Lipinski definition) is 2. The average Bonchev–Trinajstić information content (AvgIpc) is 2.62. The molecule has 136 valence electrons. The van der Waals surface area contributed by atoms with Crippen LogP contribution in [0.15, 0.2) is 48.5 Å². The van der Waals surface area contributed by atoms with Crippen molar-refractivity contribution in [3.8, 4) is 0 Å². The SMILES string of the molecule is Nc1cc(C(=O)OCC(=O)NCC2(c3ccccc3)CCC2)ccc1Cl. The third-order valence-electron chi connectivity index (χ3n) is 4.89. The Bertz CT molecular complexity index is 804. The number of carbonyl (C=O) groups excluding carboxylic acids is 2. The van der Waals surface area contributed by atoms with E-state index in [9.17, 15) is 9.59 Å². The number of benzene rings is 2. The summed E-state index contributed by atoms with van der Waals surface area (Å²) < 4.78 is 5.06. The Morgan fingerprint density at radius 1 is 1.15 bits per heavy atom. The summed E-state index contributed by atoms with van der Waals surface area (Å²) in [6, 6.07) is 14.7. The van der Waals surface area contributed by atoms with Crippen LogP contribution in [0.5, 0.6) is 0 Å². The van der Waals surface area contributed by atoms with Gasteiger partial charge in [-0.3, -0.25) is 4.79 Å². The molecule has 2 aromatic rings. The number of carbonyl (C=O) groups is 2. The van der Waals surface area contributed by atoms with Gasteiger partial charge in [0.1, 0.15) is 0 Å². The molecule has 0 aliphatic heterocycles. The number of nitrogens with one attached hydrogen (secondary N) is 1. The van der Waals surface area contributed by atoms with E-state index < -0.39 is 5.97 Å². The fourth-order valence-electron chi connectivity index (χ4n) is 3.17. The highest BCUT2D eigenvalue weighted by Crippen LogP contribution is 2.43. The molecule has 0 saturated heterocycles. The molecule has 3 rings (SSSR count). The second-order valence-corrected chi connectivity index (χ2v) is 7.00. The van der Waals surface area contributed by atoms with Crippen molar-refractivity contribution in [3.63, 3.8) is 0 Å². The number of halogens is 1. The summed E-state index contributed by atoms with van der Waals surface area (Å²) in [5.74, 6) is -0.924. The molecule has 0 atom stereocenters. The van der Waals surface area contributed by atoms with E-state index in [0.717, 1.165) is 19.3 Å². The summed E-state index contributed by atoms with van der Waals surface area (Å²) in [6.45, 7) is 0.216. The fourth-order valence-corrected chi connectivity index (χ4v) is 3.28. The molecule has 1 aliphatic rings. The quantitative estimate of drug-likeness (QED) is 0.602. The number of esters is 1. The minimum atomic E-state index is -0.607. The average molecular weight is 373 g/mol. The van der Waals surface area contributed by atoms with E-state index in [2.05, 4.69) is 17.4 Å². The van der Waals surface area contributed by atoms with Crippen molar-refractivity contribution in [3.05, 3.63) is 64.7 Å². The molecule has 1 saturated carbocycles. The Kier molecular flexibility index (Phi) is 5.47. The molecule has 0 unspecified atom stereocenters. The van der Waals surface area contributed by atoms with Crippen molar-refractivity contribution >= 4 is 29.2 Å². The molecule has 3 N–H and O–H groups in total. The zero-order valence-electron chi connectivity index (χ0n) is 14.3. The monoisotopic (exact) mass is 372 g/mol. The number of nitrogens with two attached hydrogens (primary N) is 1. The molecule has 0 heterocycles. The van der Waals surface area contributed by atoms with Gasteiger partial charge in [-0.15, -0.1) is 0 Å². The largest absolute Gasteiger partial charge is 0.452 e. The first kappa shape index (κ1) is 18.3. The Morgan fingerprint density at radius 2 is 1.88 bits per heavy atom. The van der Waals surface area contributed by atoms with Crippen molar-refractivity contribution in [2.45, 2.75) is 24.7 Å². The predicted molar refractivity (Wildman–Crippen MR) is 101 cm³/mol. The van der Waals surface area contributed by atoms with Gasteiger partial charge < -0.3 is 15.8 Å². The van der Waals surface area contributed by atoms with Crippen LogP contribution in [0, 0.1) is 0 Å². The van der Waals surface area contributed by atoms with Gasteiger partial charge in [-0.05, 0) is 36.6 Å². The van der Waals surface area contributed by atoms with Crippen LogP contribution < -0.4 is 11.1 Å².